The first-order valence-corrected chi connectivity index (χ1v) is 10.8. The van der Waals surface area contributed by atoms with Crippen LogP contribution in [0.25, 0.3) is 0 Å². The van der Waals surface area contributed by atoms with E-state index in [1.54, 1.807) is 0 Å². The van der Waals surface area contributed by atoms with E-state index in [9.17, 15) is 9.59 Å². The SMILES string of the molecule is CCCN(C(=O)CN1CCN(CC(=O)N[C@@H](C)CC)CC1)C1=CCCCC1. The fourth-order valence-electron chi connectivity index (χ4n) is 3.73. The predicted molar refractivity (Wildman–Crippen MR) is 109 cm³/mol. The molecule has 0 saturated carbocycles. The molecule has 1 saturated heterocycles. The van der Waals surface area contributed by atoms with Crippen LogP contribution in [0.4, 0.5) is 0 Å². The number of piperazine rings is 1. The van der Waals surface area contributed by atoms with Crippen LogP contribution in [0.2, 0.25) is 0 Å². The van der Waals surface area contributed by atoms with Gasteiger partial charge in [-0.15, -0.1) is 0 Å². The van der Waals surface area contributed by atoms with Gasteiger partial charge in [0.15, 0.2) is 0 Å². The second kappa shape index (κ2) is 11.4. The van der Waals surface area contributed by atoms with Crippen LogP contribution in [0, 0.1) is 0 Å². The molecule has 0 radical (unpaired) electrons. The third kappa shape index (κ3) is 7.26. The van der Waals surface area contributed by atoms with E-state index in [-0.39, 0.29) is 17.9 Å². The van der Waals surface area contributed by atoms with Crippen molar-refractivity contribution < 1.29 is 9.59 Å². The van der Waals surface area contributed by atoms with Crippen molar-refractivity contribution >= 4 is 11.8 Å². The van der Waals surface area contributed by atoms with E-state index in [1.807, 2.05) is 11.8 Å². The summed E-state index contributed by atoms with van der Waals surface area (Å²) >= 11 is 0. The van der Waals surface area contributed by atoms with Crippen molar-refractivity contribution in [1.29, 1.82) is 0 Å². The Labute approximate surface area is 164 Å². The smallest absolute Gasteiger partial charge is 0.240 e. The predicted octanol–water partition coefficient (Wildman–Crippen LogP) is 2.22. The maximum atomic E-state index is 12.9. The van der Waals surface area contributed by atoms with Gasteiger partial charge in [0.1, 0.15) is 0 Å². The molecule has 0 spiro atoms. The van der Waals surface area contributed by atoms with Gasteiger partial charge in [0.05, 0.1) is 13.1 Å². The molecule has 27 heavy (non-hydrogen) atoms. The number of allylic oxidation sites excluding steroid dienone is 2. The molecule has 6 nitrogen and oxygen atoms in total. The van der Waals surface area contributed by atoms with Crippen molar-refractivity contribution in [2.75, 3.05) is 45.8 Å². The standard InChI is InChI=1S/C21H38N4O2/c1-4-11-25(19-9-7-6-8-10-19)21(27)17-24-14-12-23(13-15-24)16-20(26)22-18(3)5-2/h9,18H,4-8,10-17H2,1-3H3,(H,22,26)/t18-/m0/s1. The molecule has 0 aromatic rings. The summed E-state index contributed by atoms with van der Waals surface area (Å²) in [6, 6.07) is 0.232. The van der Waals surface area contributed by atoms with E-state index >= 15 is 0 Å². The van der Waals surface area contributed by atoms with Crippen molar-refractivity contribution in [2.24, 2.45) is 0 Å². The number of carbonyl (C=O) groups excluding carboxylic acids is 2. The minimum absolute atomic E-state index is 0.104. The summed E-state index contributed by atoms with van der Waals surface area (Å²) in [4.78, 5) is 31.4. The van der Waals surface area contributed by atoms with E-state index in [4.69, 9.17) is 0 Å². The topological polar surface area (TPSA) is 55.9 Å². The number of nitrogens with one attached hydrogen (secondary N) is 1. The molecular weight excluding hydrogens is 340 g/mol. The number of carbonyl (C=O) groups is 2. The summed E-state index contributed by atoms with van der Waals surface area (Å²) in [5.41, 5.74) is 1.23. The van der Waals surface area contributed by atoms with Crippen LogP contribution < -0.4 is 5.32 Å². The highest BCUT2D eigenvalue weighted by Gasteiger charge is 2.24. The number of amides is 2. The molecular formula is C21H38N4O2. The highest BCUT2D eigenvalue weighted by Crippen LogP contribution is 2.21. The Kier molecular flexibility index (Phi) is 9.28. The first-order valence-electron chi connectivity index (χ1n) is 10.8. The van der Waals surface area contributed by atoms with Gasteiger partial charge in [-0.05, 0) is 45.4 Å². The zero-order valence-corrected chi connectivity index (χ0v) is 17.5. The average molecular weight is 379 g/mol. The molecule has 0 unspecified atom stereocenters. The third-order valence-electron chi connectivity index (χ3n) is 5.57. The first-order chi connectivity index (χ1) is 13.0. The van der Waals surface area contributed by atoms with Gasteiger partial charge in [-0.2, -0.15) is 0 Å². The molecule has 1 aliphatic heterocycles. The van der Waals surface area contributed by atoms with Crippen LogP contribution >= 0.6 is 0 Å². The summed E-state index contributed by atoms with van der Waals surface area (Å²) in [6.07, 6.45) is 8.76. The monoisotopic (exact) mass is 378 g/mol. The van der Waals surface area contributed by atoms with E-state index in [1.165, 1.54) is 18.5 Å². The fraction of sp³-hybridized carbons (Fsp3) is 0.810. The highest BCUT2D eigenvalue weighted by atomic mass is 16.2. The van der Waals surface area contributed by atoms with Gasteiger partial charge in [0.2, 0.25) is 11.8 Å². The molecule has 1 fully saturated rings. The first kappa shape index (κ1) is 21.9. The molecule has 1 aliphatic carbocycles. The zero-order valence-electron chi connectivity index (χ0n) is 17.5. The normalized spacial score (nSPS) is 20.0. The summed E-state index contributed by atoms with van der Waals surface area (Å²) < 4.78 is 0. The van der Waals surface area contributed by atoms with Crippen molar-refractivity contribution in [1.82, 2.24) is 20.0 Å². The zero-order chi connectivity index (χ0) is 19.6. The molecule has 0 aromatic heterocycles. The Balaban J connectivity index is 1.77. The fourth-order valence-corrected chi connectivity index (χ4v) is 3.73. The van der Waals surface area contributed by atoms with Gasteiger partial charge in [-0.1, -0.05) is 19.9 Å². The average Bonchev–Trinajstić information content (AvgIpc) is 2.68. The number of nitrogens with zero attached hydrogens (tertiary/aromatic N) is 3. The van der Waals surface area contributed by atoms with Gasteiger partial charge in [0.25, 0.3) is 0 Å². The Hall–Kier alpha value is -1.40. The van der Waals surface area contributed by atoms with Gasteiger partial charge in [-0.3, -0.25) is 19.4 Å². The molecule has 2 amide bonds. The van der Waals surface area contributed by atoms with E-state index in [0.717, 1.165) is 58.4 Å². The van der Waals surface area contributed by atoms with Crippen LogP contribution in [0.15, 0.2) is 11.8 Å². The minimum Gasteiger partial charge on any atom is -0.353 e. The van der Waals surface area contributed by atoms with Crippen LogP contribution in [0.1, 0.15) is 59.3 Å². The van der Waals surface area contributed by atoms with E-state index in [2.05, 4.69) is 35.0 Å². The molecule has 0 bridgehead atoms. The van der Waals surface area contributed by atoms with Gasteiger partial charge in [0, 0.05) is 44.5 Å². The molecule has 2 rings (SSSR count). The molecule has 1 atom stereocenters. The quantitative estimate of drug-likeness (QED) is 0.668. The van der Waals surface area contributed by atoms with Crippen LogP contribution in [-0.4, -0.2) is 78.4 Å². The van der Waals surface area contributed by atoms with Gasteiger partial charge >= 0.3 is 0 Å². The second-order valence-corrected chi connectivity index (χ2v) is 7.92. The molecule has 1 heterocycles. The van der Waals surface area contributed by atoms with E-state index < -0.39 is 0 Å². The lowest BCUT2D eigenvalue weighted by molar-refractivity contribution is -0.131. The van der Waals surface area contributed by atoms with Crippen LogP contribution in [-0.2, 0) is 9.59 Å². The Bertz CT molecular complexity index is 512. The number of rotatable bonds is 9. The Morgan fingerprint density at radius 2 is 1.78 bits per heavy atom. The van der Waals surface area contributed by atoms with Crippen molar-refractivity contribution in [3.05, 3.63) is 11.8 Å². The highest BCUT2D eigenvalue weighted by molar-refractivity contribution is 5.80. The lowest BCUT2D eigenvalue weighted by Gasteiger charge is -2.36. The van der Waals surface area contributed by atoms with Crippen LogP contribution in [0.3, 0.4) is 0 Å². The lowest BCUT2D eigenvalue weighted by atomic mass is 10.0. The van der Waals surface area contributed by atoms with Gasteiger partial charge < -0.3 is 10.2 Å². The van der Waals surface area contributed by atoms with E-state index in [0.29, 0.717) is 13.1 Å². The summed E-state index contributed by atoms with van der Waals surface area (Å²) in [7, 11) is 0. The molecule has 154 valence electrons. The Morgan fingerprint density at radius 1 is 1.11 bits per heavy atom. The molecule has 1 N–H and O–H groups in total. The van der Waals surface area contributed by atoms with Crippen LogP contribution in [0.5, 0.6) is 0 Å². The maximum Gasteiger partial charge on any atom is 0.240 e. The minimum atomic E-state index is 0.104. The summed E-state index contributed by atoms with van der Waals surface area (Å²) in [6.45, 7) is 11.4. The molecule has 6 heteroatoms. The van der Waals surface area contributed by atoms with Crippen molar-refractivity contribution in [2.45, 2.75) is 65.3 Å². The van der Waals surface area contributed by atoms with Crippen molar-refractivity contribution in [3.8, 4) is 0 Å². The maximum absolute atomic E-state index is 12.9. The number of hydrogen-bond acceptors (Lipinski definition) is 4. The molecule has 2 aliphatic rings. The summed E-state index contributed by atoms with van der Waals surface area (Å²) in [5, 5.41) is 3.02. The number of hydrogen-bond donors (Lipinski definition) is 1. The second-order valence-electron chi connectivity index (χ2n) is 7.92. The Morgan fingerprint density at radius 3 is 2.33 bits per heavy atom. The molecule has 0 aromatic carbocycles. The van der Waals surface area contributed by atoms with Crippen molar-refractivity contribution in [3.63, 3.8) is 0 Å². The summed E-state index contributed by atoms with van der Waals surface area (Å²) in [5.74, 6) is 0.334. The lowest BCUT2D eigenvalue weighted by Crippen LogP contribution is -2.52. The van der Waals surface area contributed by atoms with Gasteiger partial charge in [-0.25, -0.2) is 0 Å². The third-order valence-corrected chi connectivity index (χ3v) is 5.57. The largest absolute Gasteiger partial charge is 0.353 e.